The molecule has 2 N–H and O–H groups in total. The van der Waals surface area contributed by atoms with Crippen LogP contribution in [0.4, 0.5) is 11.4 Å². The zero-order valence-corrected chi connectivity index (χ0v) is 16.3. The second-order valence-electron chi connectivity index (χ2n) is 5.53. The topological polar surface area (TPSA) is 103 Å². The van der Waals surface area contributed by atoms with Gasteiger partial charge in [0.25, 0.3) is 0 Å². The molecule has 0 unspecified atom stereocenters. The van der Waals surface area contributed by atoms with Crippen LogP contribution in [0.3, 0.4) is 0 Å². The molecular weight excluding hydrogens is 388 g/mol. The van der Waals surface area contributed by atoms with Crippen LogP contribution in [0.2, 0.25) is 5.02 Å². The molecule has 2 aromatic rings. The van der Waals surface area contributed by atoms with Crippen molar-refractivity contribution in [2.45, 2.75) is 0 Å². The molecule has 9 heteroatoms. The van der Waals surface area contributed by atoms with Gasteiger partial charge in [-0.3, -0.25) is 4.79 Å². The van der Waals surface area contributed by atoms with E-state index in [9.17, 15) is 14.4 Å². The molecule has 28 heavy (non-hydrogen) atoms. The molecule has 2 rings (SSSR count). The van der Waals surface area contributed by atoms with Crippen molar-refractivity contribution >= 4 is 40.8 Å². The van der Waals surface area contributed by atoms with E-state index in [2.05, 4.69) is 20.1 Å². The predicted octanol–water partition coefficient (Wildman–Crippen LogP) is 2.97. The van der Waals surface area contributed by atoms with E-state index in [4.69, 9.17) is 16.3 Å². The highest BCUT2D eigenvalue weighted by Gasteiger charge is 2.15. The molecule has 0 spiro atoms. The predicted molar refractivity (Wildman–Crippen MR) is 104 cm³/mol. The van der Waals surface area contributed by atoms with Crippen LogP contribution in [0.15, 0.2) is 36.4 Å². The number of hydrogen-bond acceptors (Lipinski definition) is 7. The van der Waals surface area contributed by atoms with Crippen molar-refractivity contribution in [2.75, 3.05) is 38.5 Å². The maximum Gasteiger partial charge on any atom is 0.337 e. The summed E-state index contributed by atoms with van der Waals surface area (Å²) in [6.07, 6.45) is 0. The number of carbonyl (C=O) groups is 3. The van der Waals surface area contributed by atoms with E-state index in [1.807, 2.05) is 0 Å². The van der Waals surface area contributed by atoms with Crippen molar-refractivity contribution in [1.29, 1.82) is 0 Å². The summed E-state index contributed by atoms with van der Waals surface area (Å²) in [5, 5.41) is 5.94. The molecule has 0 atom stereocenters. The van der Waals surface area contributed by atoms with Gasteiger partial charge in [-0.05, 0) is 36.4 Å². The fourth-order valence-corrected chi connectivity index (χ4v) is 2.59. The molecule has 0 saturated heterocycles. The van der Waals surface area contributed by atoms with Gasteiger partial charge in [-0.2, -0.15) is 0 Å². The quantitative estimate of drug-likeness (QED) is 0.681. The Kier molecular flexibility index (Phi) is 7.22. The molecule has 0 saturated carbocycles. The van der Waals surface area contributed by atoms with E-state index < -0.39 is 17.8 Å². The average molecular weight is 407 g/mol. The molecule has 2 aromatic carbocycles. The fourth-order valence-electron chi connectivity index (χ4n) is 2.34. The van der Waals surface area contributed by atoms with E-state index in [-0.39, 0.29) is 23.4 Å². The van der Waals surface area contributed by atoms with Crippen molar-refractivity contribution in [2.24, 2.45) is 0 Å². The summed E-state index contributed by atoms with van der Waals surface area (Å²) in [5.41, 5.74) is 1.09. The van der Waals surface area contributed by atoms with Gasteiger partial charge in [0.15, 0.2) is 0 Å². The Morgan fingerprint density at radius 2 is 1.50 bits per heavy atom. The standard InChI is InChI=1S/C19H19ClN2O6/c1-26-16-5-4-13(9-15(16)20)21-10-17(23)22-14-7-11(18(24)27-2)6-12(8-14)19(25)28-3/h4-9,21H,10H2,1-3H3,(H,22,23). The summed E-state index contributed by atoms with van der Waals surface area (Å²) in [5.74, 6) is -1.17. The van der Waals surface area contributed by atoms with Gasteiger partial charge in [0.05, 0.1) is 44.0 Å². The van der Waals surface area contributed by atoms with Crippen LogP contribution >= 0.6 is 11.6 Å². The molecule has 0 aliphatic rings. The zero-order valence-electron chi connectivity index (χ0n) is 15.5. The number of hydrogen-bond donors (Lipinski definition) is 2. The second kappa shape index (κ2) is 9.61. The number of carbonyl (C=O) groups excluding carboxylic acids is 3. The Hall–Kier alpha value is -3.26. The summed E-state index contributed by atoms with van der Waals surface area (Å²) < 4.78 is 14.4. The summed E-state index contributed by atoms with van der Waals surface area (Å²) in [6.45, 7) is -0.0708. The van der Waals surface area contributed by atoms with Crippen molar-refractivity contribution in [1.82, 2.24) is 0 Å². The van der Waals surface area contributed by atoms with Crippen LogP contribution in [0.25, 0.3) is 0 Å². The molecule has 148 valence electrons. The maximum absolute atomic E-state index is 12.2. The maximum atomic E-state index is 12.2. The molecular formula is C19H19ClN2O6. The minimum absolute atomic E-state index is 0.0708. The number of amides is 1. The Morgan fingerprint density at radius 1 is 0.893 bits per heavy atom. The molecule has 0 heterocycles. The number of benzene rings is 2. The normalized spacial score (nSPS) is 10.0. The molecule has 0 bridgehead atoms. The van der Waals surface area contributed by atoms with Gasteiger partial charge in [0, 0.05) is 11.4 Å². The van der Waals surface area contributed by atoms with Crippen LogP contribution in [0.5, 0.6) is 5.75 Å². The highest BCUT2D eigenvalue weighted by Crippen LogP contribution is 2.27. The lowest BCUT2D eigenvalue weighted by atomic mass is 10.1. The SMILES string of the molecule is COC(=O)c1cc(NC(=O)CNc2ccc(OC)c(Cl)c2)cc(C(=O)OC)c1. The fraction of sp³-hybridized carbons (Fsp3) is 0.211. The van der Waals surface area contributed by atoms with Crippen LogP contribution in [-0.2, 0) is 14.3 Å². The molecule has 8 nitrogen and oxygen atoms in total. The highest BCUT2D eigenvalue weighted by molar-refractivity contribution is 6.32. The lowest BCUT2D eigenvalue weighted by Crippen LogP contribution is -2.22. The number of halogens is 1. The molecule has 0 fully saturated rings. The van der Waals surface area contributed by atoms with Gasteiger partial charge in [0.1, 0.15) is 5.75 Å². The van der Waals surface area contributed by atoms with Gasteiger partial charge in [0.2, 0.25) is 5.91 Å². The first kappa shape index (κ1) is 21.0. The average Bonchev–Trinajstić information content (AvgIpc) is 2.70. The number of rotatable bonds is 7. The minimum atomic E-state index is -0.646. The molecule has 0 aliphatic carbocycles. The van der Waals surface area contributed by atoms with Crippen molar-refractivity contribution in [3.8, 4) is 5.75 Å². The van der Waals surface area contributed by atoms with Gasteiger partial charge in [-0.15, -0.1) is 0 Å². The summed E-state index contributed by atoms with van der Waals surface area (Å²) in [6, 6.07) is 9.14. The van der Waals surface area contributed by atoms with Gasteiger partial charge < -0.3 is 24.8 Å². The van der Waals surface area contributed by atoms with Crippen LogP contribution in [0.1, 0.15) is 20.7 Å². The van der Waals surface area contributed by atoms with Crippen molar-refractivity contribution < 1.29 is 28.6 Å². The third-order valence-electron chi connectivity index (χ3n) is 3.66. The first-order chi connectivity index (χ1) is 13.4. The third kappa shape index (κ3) is 5.37. The Labute approximate surface area is 166 Å². The highest BCUT2D eigenvalue weighted by atomic mass is 35.5. The summed E-state index contributed by atoms with van der Waals surface area (Å²) >= 11 is 6.04. The lowest BCUT2D eigenvalue weighted by Gasteiger charge is -2.11. The number of ether oxygens (including phenoxy) is 3. The van der Waals surface area contributed by atoms with Crippen LogP contribution in [-0.4, -0.2) is 45.7 Å². The van der Waals surface area contributed by atoms with E-state index >= 15 is 0 Å². The zero-order chi connectivity index (χ0) is 20.7. The van der Waals surface area contributed by atoms with Crippen molar-refractivity contribution in [3.05, 3.63) is 52.5 Å². The molecule has 0 radical (unpaired) electrons. The second-order valence-corrected chi connectivity index (χ2v) is 5.94. The number of esters is 2. The van der Waals surface area contributed by atoms with Crippen LogP contribution in [0, 0.1) is 0 Å². The number of methoxy groups -OCH3 is 3. The Morgan fingerprint density at radius 3 is 2.00 bits per heavy atom. The Balaban J connectivity index is 2.10. The lowest BCUT2D eigenvalue weighted by molar-refractivity contribution is -0.114. The van der Waals surface area contributed by atoms with E-state index in [0.29, 0.717) is 16.5 Å². The van der Waals surface area contributed by atoms with E-state index in [0.717, 1.165) is 0 Å². The Bertz CT molecular complexity index is 866. The summed E-state index contributed by atoms with van der Waals surface area (Å²) in [7, 11) is 3.94. The third-order valence-corrected chi connectivity index (χ3v) is 3.96. The van der Waals surface area contributed by atoms with Gasteiger partial charge in [-0.1, -0.05) is 11.6 Å². The van der Waals surface area contributed by atoms with E-state index in [1.165, 1.54) is 39.5 Å². The monoisotopic (exact) mass is 406 g/mol. The smallest absolute Gasteiger partial charge is 0.337 e. The van der Waals surface area contributed by atoms with Gasteiger partial charge in [-0.25, -0.2) is 9.59 Å². The van der Waals surface area contributed by atoms with Gasteiger partial charge >= 0.3 is 11.9 Å². The number of anilines is 2. The summed E-state index contributed by atoms with van der Waals surface area (Å²) in [4.78, 5) is 35.8. The van der Waals surface area contributed by atoms with Crippen LogP contribution < -0.4 is 15.4 Å². The molecule has 0 aromatic heterocycles. The largest absolute Gasteiger partial charge is 0.495 e. The minimum Gasteiger partial charge on any atom is -0.495 e. The first-order valence-corrected chi connectivity index (χ1v) is 8.44. The number of nitrogens with one attached hydrogen (secondary N) is 2. The first-order valence-electron chi connectivity index (χ1n) is 8.07. The molecule has 0 aliphatic heterocycles. The van der Waals surface area contributed by atoms with Crippen molar-refractivity contribution in [3.63, 3.8) is 0 Å². The van der Waals surface area contributed by atoms with E-state index in [1.54, 1.807) is 18.2 Å². The molecule has 1 amide bonds.